The third-order valence-corrected chi connectivity index (χ3v) is 3.86. The predicted octanol–water partition coefficient (Wildman–Crippen LogP) is 5.01. The van der Waals surface area contributed by atoms with Crippen molar-refractivity contribution in [1.82, 2.24) is 4.90 Å². The van der Waals surface area contributed by atoms with Gasteiger partial charge in [-0.05, 0) is 49.2 Å². The lowest BCUT2D eigenvalue weighted by Crippen LogP contribution is -2.14. The van der Waals surface area contributed by atoms with E-state index in [1.54, 1.807) is 12.4 Å². The molecule has 2 aromatic carbocycles. The van der Waals surface area contributed by atoms with Crippen molar-refractivity contribution >= 4 is 29.3 Å². The molecule has 0 aromatic heterocycles. The Morgan fingerprint density at radius 2 is 2.09 bits per heavy atom. The zero-order chi connectivity index (χ0) is 16.8. The molecule has 2 aromatic rings. The molecule has 5 heteroatoms. The molecule has 0 aliphatic carbocycles. The van der Waals surface area contributed by atoms with Gasteiger partial charge in [-0.2, -0.15) is 0 Å². The second-order valence-electron chi connectivity index (χ2n) is 5.42. The van der Waals surface area contributed by atoms with Crippen molar-refractivity contribution in [3.63, 3.8) is 0 Å². The fourth-order valence-corrected chi connectivity index (χ4v) is 2.25. The van der Waals surface area contributed by atoms with E-state index in [0.29, 0.717) is 11.6 Å². The Labute approximate surface area is 141 Å². The fourth-order valence-electron chi connectivity index (χ4n) is 2.04. The van der Waals surface area contributed by atoms with Gasteiger partial charge in [0.25, 0.3) is 0 Å². The van der Waals surface area contributed by atoms with Gasteiger partial charge in [0.1, 0.15) is 5.82 Å². The van der Waals surface area contributed by atoms with Gasteiger partial charge >= 0.3 is 0 Å². The number of halogens is 2. The highest BCUT2D eigenvalue weighted by Gasteiger charge is 2.06. The van der Waals surface area contributed by atoms with Crippen LogP contribution in [0.5, 0.6) is 0 Å². The first-order valence-electron chi connectivity index (χ1n) is 7.52. The highest BCUT2D eigenvalue weighted by molar-refractivity contribution is 6.33. The number of aliphatic imine (C=N–C) groups is 1. The quantitative estimate of drug-likeness (QED) is 0.594. The normalized spacial score (nSPS) is 11.0. The van der Waals surface area contributed by atoms with Gasteiger partial charge in [0.2, 0.25) is 0 Å². The van der Waals surface area contributed by atoms with E-state index >= 15 is 0 Å². The molecule has 0 heterocycles. The molecule has 1 N–H and O–H groups in total. The van der Waals surface area contributed by atoms with Gasteiger partial charge in [-0.15, -0.1) is 0 Å². The zero-order valence-electron chi connectivity index (χ0n) is 13.6. The monoisotopic (exact) mass is 333 g/mol. The minimum atomic E-state index is -0.233. The number of nitrogens with one attached hydrogen (secondary N) is 1. The largest absolute Gasteiger partial charge is 0.381 e. The number of anilines is 1. The summed E-state index contributed by atoms with van der Waals surface area (Å²) in [6.07, 6.45) is 1.76. The molecule has 3 nitrogen and oxygen atoms in total. The lowest BCUT2D eigenvalue weighted by Gasteiger charge is -2.13. The standard InChI is InChI=1S/C18H21ClFN3/c1-4-23(3)12-22-18-8-13(2)17(10-16(18)19)21-11-14-6-5-7-15(20)9-14/h5-10,12,21H,4,11H2,1-3H3. The zero-order valence-corrected chi connectivity index (χ0v) is 14.4. The van der Waals surface area contributed by atoms with Crippen molar-refractivity contribution in [3.05, 3.63) is 58.4 Å². The molecule has 0 atom stereocenters. The van der Waals surface area contributed by atoms with Crippen LogP contribution >= 0.6 is 11.6 Å². The Bertz CT molecular complexity index is 701. The summed E-state index contributed by atoms with van der Waals surface area (Å²) in [5.74, 6) is -0.233. The number of aryl methyl sites for hydroxylation is 1. The Hall–Kier alpha value is -2.07. The van der Waals surface area contributed by atoms with Gasteiger partial charge in [0.05, 0.1) is 17.0 Å². The van der Waals surface area contributed by atoms with E-state index in [1.165, 1.54) is 12.1 Å². The van der Waals surface area contributed by atoms with Crippen LogP contribution in [0.25, 0.3) is 0 Å². The lowest BCUT2D eigenvalue weighted by atomic mass is 10.1. The fraction of sp³-hybridized carbons (Fsp3) is 0.278. The molecule has 23 heavy (non-hydrogen) atoms. The third-order valence-electron chi connectivity index (χ3n) is 3.56. The van der Waals surface area contributed by atoms with E-state index in [9.17, 15) is 4.39 Å². The molecule has 0 aliphatic rings. The number of rotatable bonds is 6. The van der Waals surface area contributed by atoms with Gasteiger partial charge in [-0.3, -0.25) is 0 Å². The molecular formula is C18H21ClFN3. The summed E-state index contributed by atoms with van der Waals surface area (Å²) < 4.78 is 13.2. The summed E-state index contributed by atoms with van der Waals surface area (Å²) in [6, 6.07) is 10.3. The van der Waals surface area contributed by atoms with Gasteiger partial charge in [-0.25, -0.2) is 9.38 Å². The summed E-state index contributed by atoms with van der Waals surface area (Å²) >= 11 is 6.30. The topological polar surface area (TPSA) is 27.6 Å². The molecule has 0 unspecified atom stereocenters. The van der Waals surface area contributed by atoms with E-state index in [4.69, 9.17) is 11.6 Å². The average molecular weight is 334 g/mol. The van der Waals surface area contributed by atoms with Crippen LogP contribution in [0.4, 0.5) is 15.8 Å². The Kier molecular flexibility index (Phi) is 5.99. The predicted molar refractivity (Wildman–Crippen MR) is 96.4 cm³/mol. The molecule has 0 fully saturated rings. The second-order valence-corrected chi connectivity index (χ2v) is 5.83. The number of benzene rings is 2. The smallest absolute Gasteiger partial charge is 0.123 e. The molecule has 122 valence electrons. The van der Waals surface area contributed by atoms with E-state index in [2.05, 4.69) is 17.2 Å². The summed E-state index contributed by atoms with van der Waals surface area (Å²) in [5, 5.41) is 3.87. The molecular weight excluding hydrogens is 313 g/mol. The maximum Gasteiger partial charge on any atom is 0.123 e. The summed E-state index contributed by atoms with van der Waals surface area (Å²) in [5.41, 5.74) is 3.58. The highest BCUT2D eigenvalue weighted by atomic mass is 35.5. The summed E-state index contributed by atoms with van der Waals surface area (Å²) in [4.78, 5) is 6.37. The van der Waals surface area contributed by atoms with Crippen LogP contribution in [0.1, 0.15) is 18.1 Å². The number of hydrogen-bond donors (Lipinski definition) is 1. The Balaban J connectivity index is 2.12. The summed E-state index contributed by atoms with van der Waals surface area (Å²) in [7, 11) is 1.96. The SMILES string of the molecule is CCN(C)C=Nc1cc(C)c(NCc2cccc(F)c2)cc1Cl. The molecule has 0 saturated carbocycles. The van der Waals surface area contributed by atoms with E-state index in [-0.39, 0.29) is 5.82 Å². The second kappa shape index (κ2) is 7.97. The van der Waals surface area contributed by atoms with Crippen LogP contribution in [-0.4, -0.2) is 24.8 Å². The third kappa shape index (κ3) is 4.96. The van der Waals surface area contributed by atoms with E-state index in [0.717, 1.165) is 29.0 Å². The van der Waals surface area contributed by atoms with Crippen LogP contribution < -0.4 is 5.32 Å². The molecule has 0 radical (unpaired) electrons. The highest BCUT2D eigenvalue weighted by Crippen LogP contribution is 2.31. The first-order valence-corrected chi connectivity index (χ1v) is 7.90. The van der Waals surface area contributed by atoms with Gasteiger partial charge in [0.15, 0.2) is 0 Å². The molecule has 0 bridgehead atoms. The van der Waals surface area contributed by atoms with E-state index < -0.39 is 0 Å². The van der Waals surface area contributed by atoms with Crippen molar-refractivity contribution in [1.29, 1.82) is 0 Å². The van der Waals surface area contributed by atoms with Crippen LogP contribution in [-0.2, 0) is 6.54 Å². The maximum atomic E-state index is 13.2. The van der Waals surface area contributed by atoms with Crippen LogP contribution in [0.2, 0.25) is 5.02 Å². The van der Waals surface area contributed by atoms with Crippen molar-refractivity contribution in [2.24, 2.45) is 4.99 Å². The Morgan fingerprint density at radius 1 is 1.30 bits per heavy atom. The molecule has 0 saturated heterocycles. The van der Waals surface area contributed by atoms with Gasteiger partial charge in [0, 0.05) is 25.8 Å². The first-order chi connectivity index (χ1) is 11.0. The molecule has 2 rings (SSSR count). The van der Waals surface area contributed by atoms with Crippen LogP contribution in [0.3, 0.4) is 0 Å². The molecule has 0 amide bonds. The van der Waals surface area contributed by atoms with Crippen LogP contribution in [0, 0.1) is 12.7 Å². The van der Waals surface area contributed by atoms with E-state index in [1.807, 2.05) is 37.1 Å². The molecule has 0 spiro atoms. The average Bonchev–Trinajstić information content (AvgIpc) is 2.53. The number of hydrogen-bond acceptors (Lipinski definition) is 2. The maximum absolute atomic E-state index is 13.2. The van der Waals surface area contributed by atoms with Gasteiger partial charge < -0.3 is 10.2 Å². The van der Waals surface area contributed by atoms with Gasteiger partial charge in [-0.1, -0.05) is 23.7 Å². The minimum absolute atomic E-state index is 0.233. The van der Waals surface area contributed by atoms with Crippen molar-refractivity contribution < 1.29 is 4.39 Å². The lowest BCUT2D eigenvalue weighted by molar-refractivity contribution is 0.552. The minimum Gasteiger partial charge on any atom is -0.381 e. The number of nitrogens with zero attached hydrogens (tertiary/aromatic N) is 2. The van der Waals surface area contributed by atoms with Crippen molar-refractivity contribution in [2.75, 3.05) is 18.9 Å². The Morgan fingerprint density at radius 3 is 2.78 bits per heavy atom. The van der Waals surface area contributed by atoms with Crippen molar-refractivity contribution in [2.45, 2.75) is 20.4 Å². The van der Waals surface area contributed by atoms with Crippen LogP contribution in [0.15, 0.2) is 41.4 Å². The summed E-state index contributed by atoms with van der Waals surface area (Å²) in [6.45, 7) is 5.47. The molecule has 0 aliphatic heterocycles. The van der Waals surface area contributed by atoms with Crippen molar-refractivity contribution in [3.8, 4) is 0 Å². The first kappa shape index (κ1) is 17.3.